The van der Waals surface area contributed by atoms with E-state index in [-0.39, 0.29) is 4.90 Å². The molecule has 7 heteroatoms. The van der Waals surface area contributed by atoms with Gasteiger partial charge in [0.15, 0.2) is 0 Å². The summed E-state index contributed by atoms with van der Waals surface area (Å²) in [5.74, 6) is -0.559. The maximum absolute atomic E-state index is 13.4. The molecular formula is C12H10BrFN2O2S. The van der Waals surface area contributed by atoms with Crippen molar-refractivity contribution in [1.29, 1.82) is 0 Å². The number of nitrogens with one attached hydrogen (secondary N) is 1. The topological polar surface area (TPSA) is 59.1 Å². The molecule has 2 rings (SSSR count). The van der Waals surface area contributed by atoms with Gasteiger partial charge in [-0.2, -0.15) is 0 Å². The third-order valence-corrected chi connectivity index (χ3v) is 4.28. The van der Waals surface area contributed by atoms with Gasteiger partial charge in [0.1, 0.15) is 10.4 Å². The van der Waals surface area contributed by atoms with Crippen LogP contribution >= 0.6 is 15.9 Å². The smallest absolute Gasteiger partial charge is 0.262 e. The summed E-state index contributed by atoms with van der Waals surface area (Å²) in [5, 5.41) is 0. The van der Waals surface area contributed by atoms with E-state index in [0.29, 0.717) is 15.9 Å². The van der Waals surface area contributed by atoms with Gasteiger partial charge >= 0.3 is 0 Å². The van der Waals surface area contributed by atoms with Crippen molar-refractivity contribution in [3.05, 3.63) is 52.5 Å². The summed E-state index contributed by atoms with van der Waals surface area (Å²) in [6.45, 7) is 1.57. The quantitative estimate of drug-likeness (QED) is 0.870. The van der Waals surface area contributed by atoms with Gasteiger partial charge in [0, 0.05) is 0 Å². The zero-order valence-corrected chi connectivity index (χ0v) is 12.3. The van der Waals surface area contributed by atoms with Gasteiger partial charge < -0.3 is 0 Å². The average Bonchev–Trinajstić information content (AvgIpc) is 2.35. The Balaban J connectivity index is 2.32. The van der Waals surface area contributed by atoms with Crippen LogP contribution < -0.4 is 4.72 Å². The zero-order valence-electron chi connectivity index (χ0n) is 9.89. The number of aryl methyl sites for hydroxylation is 1. The van der Waals surface area contributed by atoms with Crippen molar-refractivity contribution in [3.63, 3.8) is 0 Å². The Morgan fingerprint density at radius 3 is 2.58 bits per heavy atom. The number of hydrogen-bond donors (Lipinski definition) is 1. The molecule has 0 saturated carbocycles. The molecule has 0 aliphatic rings. The highest BCUT2D eigenvalue weighted by Crippen LogP contribution is 2.18. The number of halogens is 2. The van der Waals surface area contributed by atoms with Crippen molar-refractivity contribution in [2.24, 2.45) is 0 Å². The third kappa shape index (κ3) is 3.30. The lowest BCUT2D eigenvalue weighted by molar-refractivity contribution is 0.593. The SMILES string of the molecule is Cc1ccc(S(=O)(=O)Nc2ccc(Br)nc2)cc1F. The predicted molar refractivity (Wildman–Crippen MR) is 73.9 cm³/mol. The summed E-state index contributed by atoms with van der Waals surface area (Å²) in [5.41, 5.74) is 0.702. The lowest BCUT2D eigenvalue weighted by Crippen LogP contribution is -2.13. The summed E-state index contributed by atoms with van der Waals surface area (Å²) in [7, 11) is -3.81. The number of aromatic nitrogens is 1. The van der Waals surface area contributed by atoms with Crippen LogP contribution in [-0.4, -0.2) is 13.4 Å². The molecule has 0 amide bonds. The largest absolute Gasteiger partial charge is 0.278 e. The molecule has 100 valence electrons. The van der Waals surface area contributed by atoms with Gasteiger partial charge in [0.2, 0.25) is 0 Å². The maximum Gasteiger partial charge on any atom is 0.262 e. The summed E-state index contributed by atoms with van der Waals surface area (Å²) in [6.07, 6.45) is 1.37. The molecule has 0 unspecified atom stereocenters. The van der Waals surface area contributed by atoms with Crippen molar-refractivity contribution in [3.8, 4) is 0 Å². The fourth-order valence-corrected chi connectivity index (χ4v) is 2.68. The van der Waals surface area contributed by atoms with E-state index in [2.05, 4.69) is 25.6 Å². The molecule has 4 nitrogen and oxygen atoms in total. The molecule has 19 heavy (non-hydrogen) atoms. The van der Waals surface area contributed by atoms with Gasteiger partial charge in [-0.1, -0.05) is 6.07 Å². The fraction of sp³-hybridized carbons (Fsp3) is 0.0833. The second-order valence-electron chi connectivity index (χ2n) is 3.89. The van der Waals surface area contributed by atoms with E-state index in [9.17, 15) is 12.8 Å². The van der Waals surface area contributed by atoms with Crippen LogP contribution in [0.3, 0.4) is 0 Å². The highest BCUT2D eigenvalue weighted by atomic mass is 79.9. The summed E-state index contributed by atoms with van der Waals surface area (Å²) >= 11 is 3.15. The van der Waals surface area contributed by atoms with E-state index < -0.39 is 15.8 Å². The van der Waals surface area contributed by atoms with E-state index in [1.165, 1.54) is 18.3 Å². The minimum atomic E-state index is -3.81. The van der Waals surface area contributed by atoms with Gasteiger partial charge in [0.05, 0.1) is 16.8 Å². The maximum atomic E-state index is 13.4. The minimum absolute atomic E-state index is 0.126. The van der Waals surface area contributed by atoms with Crippen LogP contribution in [0.15, 0.2) is 46.0 Å². The van der Waals surface area contributed by atoms with Gasteiger partial charge in [-0.25, -0.2) is 17.8 Å². The van der Waals surface area contributed by atoms with Gasteiger partial charge in [-0.15, -0.1) is 0 Å². The zero-order chi connectivity index (χ0) is 14.0. The first-order valence-corrected chi connectivity index (χ1v) is 7.56. The number of hydrogen-bond acceptors (Lipinski definition) is 3. The number of anilines is 1. The first-order chi connectivity index (χ1) is 8.88. The molecule has 0 bridgehead atoms. The van der Waals surface area contributed by atoms with E-state index >= 15 is 0 Å². The monoisotopic (exact) mass is 344 g/mol. The van der Waals surface area contributed by atoms with Crippen LogP contribution in [0.2, 0.25) is 0 Å². The van der Waals surface area contributed by atoms with Crippen molar-refractivity contribution < 1.29 is 12.8 Å². The fourth-order valence-electron chi connectivity index (χ4n) is 1.39. The lowest BCUT2D eigenvalue weighted by atomic mass is 10.2. The Kier molecular flexibility index (Phi) is 3.86. The molecule has 1 aromatic carbocycles. The standard InChI is InChI=1S/C12H10BrFN2O2S/c1-8-2-4-10(6-11(8)14)19(17,18)16-9-3-5-12(13)15-7-9/h2-7,16H,1H3. The molecule has 1 heterocycles. The number of pyridine rings is 1. The summed E-state index contributed by atoms with van der Waals surface area (Å²) in [4.78, 5) is 3.78. The van der Waals surface area contributed by atoms with E-state index in [1.807, 2.05) is 0 Å². The molecule has 0 spiro atoms. The molecule has 0 fully saturated rings. The van der Waals surface area contributed by atoms with E-state index in [1.54, 1.807) is 19.1 Å². The predicted octanol–water partition coefficient (Wildman–Crippen LogP) is 3.09. The molecule has 1 aromatic heterocycles. The van der Waals surface area contributed by atoms with Crippen molar-refractivity contribution in [2.45, 2.75) is 11.8 Å². The van der Waals surface area contributed by atoms with Crippen LogP contribution in [0, 0.1) is 12.7 Å². The molecule has 0 radical (unpaired) electrons. The highest BCUT2D eigenvalue weighted by molar-refractivity contribution is 9.10. The molecule has 2 aromatic rings. The van der Waals surface area contributed by atoms with Crippen LogP contribution in [0.25, 0.3) is 0 Å². The number of nitrogens with zero attached hydrogens (tertiary/aromatic N) is 1. The van der Waals surface area contributed by atoms with E-state index in [4.69, 9.17) is 0 Å². The molecule has 1 N–H and O–H groups in total. The van der Waals surface area contributed by atoms with Crippen molar-refractivity contribution >= 4 is 31.6 Å². The van der Waals surface area contributed by atoms with Gasteiger partial charge in [-0.3, -0.25) is 4.72 Å². The van der Waals surface area contributed by atoms with Gasteiger partial charge in [-0.05, 0) is 52.7 Å². The molecule has 0 aliphatic heterocycles. The van der Waals surface area contributed by atoms with Gasteiger partial charge in [0.25, 0.3) is 10.0 Å². The Labute approximate surface area is 118 Å². The van der Waals surface area contributed by atoms with Crippen LogP contribution in [0.4, 0.5) is 10.1 Å². The van der Waals surface area contributed by atoms with Crippen LogP contribution in [0.1, 0.15) is 5.56 Å². The molecular weight excluding hydrogens is 335 g/mol. The highest BCUT2D eigenvalue weighted by Gasteiger charge is 2.15. The van der Waals surface area contributed by atoms with Crippen molar-refractivity contribution in [1.82, 2.24) is 4.98 Å². The Morgan fingerprint density at radius 1 is 1.26 bits per heavy atom. The average molecular weight is 345 g/mol. The molecule has 0 atom stereocenters. The third-order valence-electron chi connectivity index (χ3n) is 2.43. The minimum Gasteiger partial charge on any atom is -0.278 e. The Bertz CT molecular complexity index is 702. The second-order valence-corrected chi connectivity index (χ2v) is 6.38. The number of benzene rings is 1. The van der Waals surface area contributed by atoms with Crippen LogP contribution in [-0.2, 0) is 10.0 Å². The molecule has 0 aliphatic carbocycles. The normalized spacial score (nSPS) is 11.3. The first-order valence-electron chi connectivity index (χ1n) is 5.29. The summed E-state index contributed by atoms with van der Waals surface area (Å²) in [6, 6.07) is 6.92. The number of rotatable bonds is 3. The van der Waals surface area contributed by atoms with E-state index in [0.717, 1.165) is 6.07 Å². The summed E-state index contributed by atoms with van der Waals surface area (Å²) < 4.78 is 40.4. The molecule has 0 saturated heterocycles. The lowest BCUT2D eigenvalue weighted by Gasteiger charge is -2.08. The second kappa shape index (κ2) is 5.26. The Morgan fingerprint density at radius 2 is 2.00 bits per heavy atom. The Hall–Kier alpha value is -1.47. The first kappa shape index (κ1) is 14.0. The van der Waals surface area contributed by atoms with Crippen LogP contribution in [0.5, 0.6) is 0 Å². The van der Waals surface area contributed by atoms with Crippen molar-refractivity contribution in [2.75, 3.05) is 4.72 Å². The number of sulfonamides is 1.